The lowest BCUT2D eigenvalue weighted by Crippen LogP contribution is -2.48. The Morgan fingerprint density at radius 1 is 0.857 bits per heavy atom. The van der Waals surface area contributed by atoms with E-state index in [1.165, 1.54) is 11.1 Å². The first kappa shape index (κ1) is 23.2. The molecule has 176 valence electrons. The van der Waals surface area contributed by atoms with Gasteiger partial charge in [-0.25, -0.2) is 4.99 Å². The van der Waals surface area contributed by atoms with Gasteiger partial charge in [0.25, 0.3) is 0 Å². The Balaban J connectivity index is 1.48. The molecule has 3 aliphatic rings. The van der Waals surface area contributed by atoms with Gasteiger partial charge in [0, 0.05) is 20.6 Å². The van der Waals surface area contributed by atoms with E-state index in [-0.39, 0.29) is 6.04 Å². The van der Waals surface area contributed by atoms with Crippen LogP contribution in [0.15, 0.2) is 94.6 Å². The summed E-state index contributed by atoms with van der Waals surface area (Å²) in [4.78, 5) is 7.19. The van der Waals surface area contributed by atoms with Crippen LogP contribution >= 0.6 is 46.6 Å². The second-order valence-electron chi connectivity index (χ2n) is 8.93. The van der Waals surface area contributed by atoms with Gasteiger partial charge in [-0.15, -0.1) is 0 Å². The van der Waals surface area contributed by atoms with Crippen LogP contribution in [0.3, 0.4) is 0 Å². The smallest absolute Gasteiger partial charge is 0.176 e. The zero-order valence-electron chi connectivity index (χ0n) is 18.6. The molecule has 1 N–H and O–H groups in total. The van der Waals surface area contributed by atoms with E-state index in [4.69, 9.17) is 39.8 Å². The second-order valence-corrected chi connectivity index (χ2v) is 11.2. The summed E-state index contributed by atoms with van der Waals surface area (Å²) in [5, 5.41) is 15.0. The highest BCUT2D eigenvalue weighted by Crippen LogP contribution is 2.54. The number of fused-ring (bicyclic) bond motifs is 1. The summed E-state index contributed by atoms with van der Waals surface area (Å²) in [6, 6.07) is 23.1. The first-order chi connectivity index (χ1) is 16.9. The van der Waals surface area contributed by atoms with Crippen molar-refractivity contribution in [2.45, 2.75) is 24.6 Å². The number of thioether (sulfide) groups is 1. The molecular weight excluding hydrogens is 519 g/mol. The third-order valence-corrected chi connectivity index (χ3v) is 8.63. The number of hydrogen-bond donors (Lipinski definition) is 1. The summed E-state index contributed by atoms with van der Waals surface area (Å²) < 4.78 is 0. The predicted molar refractivity (Wildman–Crippen MR) is 147 cm³/mol. The van der Waals surface area contributed by atoms with E-state index in [0.29, 0.717) is 15.8 Å². The van der Waals surface area contributed by atoms with Crippen LogP contribution in [0.4, 0.5) is 0 Å². The van der Waals surface area contributed by atoms with Crippen molar-refractivity contribution in [3.63, 3.8) is 0 Å². The number of amidine groups is 1. The van der Waals surface area contributed by atoms with Crippen molar-refractivity contribution in [1.82, 2.24) is 4.90 Å². The summed E-state index contributed by atoms with van der Waals surface area (Å²) >= 11 is 20.0. The summed E-state index contributed by atoms with van der Waals surface area (Å²) in [7, 11) is 0. The zero-order chi connectivity index (χ0) is 24.2. The summed E-state index contributed by atoms with van der Waals surface area (Å²) in [6.07, 6.45) is 3.96. The van der Waals surface area contributed by atoms with E-state index in [1.807, 2.05) is 72.8 Å². The fraction of sp³-hybridized carbons (Fsp3) is 0.179. The molecule has 0 amide bonds. The van der Waals surface area contributed by atoms with E-state index in [0.717, 1.165) is 45.4 Å². The predicted octanol–water partition coefficient (Wildman–Crippen LogP) is 8.08. The van der Waals surface area contributed by atoms with Crippen molar-refractivity contribution in [3.8, 4) is 0 Å². The fourth-order valence-corrected chi connectivity index (χ4v) is 6.65. The lowest BCUT2D eigenvalue weighted by atomic mass is 9.91. The topological polar surface area (TPSA) is 35.8 Å². The molecule has 0 radical (unpaired) electrons. The Morgan fingerprint density at radius 3 is 2.11 bits per heavy atom. The fourth-order valence-electron chi connectivity index (χ4n) is 5.08. The summed E-state index contributed by atoms with van der Waals surface area (Å²) in [5.41, 5.74) is 5.22. The first-order valence-corrected chi connectivity index (χ1v) is 13.5. The molecule has 2 heterocycles. The molecule has 0 spiro atoms. The van der Waals surface area contributed by atoms with E-state index in [2.05, 4.69) is 11.0 Å². The van der Waals surface area contributed by atoms with Gasteiger partial charge in [0.2, 0.25) is 0 Å². The average Bonchev–Trinajstić information content (AvgIpc) is 3.42. The van der Waals surface area contributed by atoms with Crippen LogP contribution in [0, 0.1) is 0 Å². The number of aliphatic imine (C=N–C) groups is 1. The van der Waals surface area contributed by atoms with Gasteiger partial charge < -0.3 is 10.0 Å². The molecule has 1 saturated heterocycles. The molecule has 3 nitrogen and oxygen atoms in total. The van der Waals surface area contributed by atoms with Crippen molar-refractivity contribution in [1.29, 1.82) is 0 Å². The quantitative estimate of drug-likeness (QED) is 0.365. The molecule has 0 bridgehead atoms. The van der Waals surface area contributed by atoms with Gasteiger partial charge in [-0.3, -0.25) is 0 Å². The molecule has 1 aliphatic carbocycles. The minimum absolute atomic E-state index is 0.151. The molecule has 2 aliphatic heterocycles. The number of aliphatic hydroxyl groups is 1. The van der Waals surface area contributed by atoms with Crippen molar-refractivity contribution >= 4 is 57.8 Å². The normalized spacial score (nSPS) is 24.6. The Morgan fingerprint density at radius 2 is 1.46 bits per heavy atom. The number of rotatable bonds is 3. The molecule has 0 saturated carbocycles. The maximum atomic E-state index is 12.1. The summed E-state index contributed by atoms with van der Waals surface area (Å²) in [6.45, 7) is 0. The van der Waals surface area contributed by atoms with Crippen molar-refractivity contribution in [3.05, 3.63) is 121 Å². The monoisotopic (exact) mass is 538 g/mol. The molecule has 2 atom stereocenters. The number of hydrogen-bond acceptors (Lipinski definition) is 4. The highest BCUT2D eigenvalue weighted by molar-refractivity contribution is 8.14. The van der Waals surface area contributed by atoms with Gasteiger partial charge in [-0.1, -0.05) is 83.0 Å². The molecule has 3 aromatic rings. The highest BCUT2D eigenvalue weighted by atomic mass is 35.5. The van der Waals surface area contributed by atoms with Gasteiger partial charge in [-0.2, -0.15) is 0 Å². The van der Waals surface area contributed by atoms with Gasteiger partial charge in [-0.05, 0) is 77.6 Å². The maximum absolute atomic E-state index is 12.1. The van der Waals surface area contributed by atoms with Crippen LogP contribution in [0.5, 0.6) is 0 Å². The van der Waals surface area contributed by atoms with Gasteiger partial charge in [0.15, 0.2) is 10.9 Å². The maximum Gasteiger partial charge on any atom is 0.176 e. The first-order valence-electron chi connectivity index (χ1n) is 11.4. The molecular formula is C28H21Cl3N2OS. The van der Waals surface area contributed by atoms with Crippen molar-refractivity contribution in [2.24, 2.45) is 4.99 Å². The SMILES string of the molecule is OC1(c2ccc(Cl)cc2)CSC2=NC3=C(CC/C3=C\c3ccc(Cl)cc3)C(c3ccc(Cl)cc3)N21. The lowest BCUT2D eigenvalue weighted by Gasteiger charge is -2.43. The standard InChI is InChI=1S/C28H21Cl3N2OS/c29-21-8-1-17(2-9-21)15-19-5-14-24-25(19)32-27-33(26(24)18-3-10-22(30)11-4-18)28(34,16-35-27)20-6-12-23(31)13-7-20/h1-4,6-13,15,26,34H,5,14,16H2/b19-15+. The minimum Gasteiger partial charge on any atom is -0.366 e. The van der Waals surface area contributed by atoms with Crippen LogP contribution in [0.2, 0.25) is 15.1 Å². The Hall–Kier alpha value is -2.21. The van der Waals surface area contributed by atoms with Crippen LogP contribution in [-0.2, 0) is 5.72 Å². The Labute approximate surface area is 223 Å². The number of benzene rings is 3. The van der Waals surface area contributed by atoms with Crippen LogP contribution in [-0.4, -0.2) is 20.9 Å². The van der Waals surface area contributed by atoms with Crippen LogP contribution in [0.1, 0.15) is 35.6 Å². The molecule has 6 rings (SSSR count). The largest absolute Gasteiger partial charge is 0.366 e. The lowest BCUT2D eigenvalue weighted by molar-refractivity contribution is -0.0637. The van der Waals surface area contributed by atoms with E-state index in [1.54, 1.807) is 11.8 Å². The molecule has 35 heavy (non-hydrogen) atoms. The van der Waals surface area contributed by atoms with Crippen molar-refractivity contribution in [2.75, 3.05) is 5.75 Å². The van der Waals surface area contributed by atoms with E-state index < -0.39 is 5.72 Å². The van der Waals surface area contributed by atoms with E-state index >= 15 is 0 Å². The van der Waals surface area contributed by atoms with Gasteiger partial charge >= 0.3 is 0 Å². The molecule has 7 heteroatoms. The minimum atomic E-state index is -1.21. The second kappa shape index (κ2) is 9.02. The Kier molecular flexibility index (Phi) is 5.98. The molecule has 0 aromatic heterocycles. The molecule has 1 fully saturated rings. The van der Waals surface area contributed by atoms with Gasteiger partial charge in [0.05, 0.1) is 17.5 Å². The average molecular weight is 540 g/mol. The third-order valence-electron chi connectivity index (χ3n) is 6.78. The number of allylic oxidation sites excluding steroid dienone is 1. The highest BCUT2D eigenvalue weighted by Gasteiger charge is 2.52. The van der Waals surface area contributed by atoms with Crippen LogP contribution in [0.25, 0.3) is 6.08 Å². The molecule has 2 unspecified atom stereocenters. The molecule has 3 aromatic carbocycles. The third kappa shape index (κ3) is 4.12. The summed E-state index contributed by atoms with van der Waals surface area (Å²) in [5.74, 6) is 0.481. The zero-order valence-corrected chi connectivity index (χ0v) is 21.7. The van der Waals surface area contributed by atoms with E-state index in [9.17, 15) is 5.11 Å². The Bertz CT molecular complexity index is 1380. The van der Waals surface area contributed by atoms with Crippen molar-refractivity contribution < 1.29 is 5.11 Å². The number of nitrogens with zero attached hydrogens (tertiary/aromatic N) is 2. The number of halogens is 3. The van der Waals surface area contributed by atoms with Crippen LogP contribution < -0.4 is 0 Å². The van der Waals surface area contributed by atoms with Gasteiger partial charge in [0.1, 0.15) is 0 Å².